The van der Waals surface area contributed by atoms with Gasteiger partial charge in [0.05, 0.1) is 4.92 Å². The molecule has 1 atom stereocenters. The first-order chi connectivity index (χ1) is 8.49. The number of rotatable bonds is 5. The lowest BCUT2D eigenvalue weighted by molar-refractivity contribution is -0.383. The van der Waals surface area contributed by atoms with Crippen molar-refractivity contribution in [1.29, 1.82) is 0 Å². The zero-order chi connectivity index (χ0) is 13.7. The zero-order valence-electron chi connectivity index (χ0n) is 9.55. The van der Waals surface area contributed by atoms with Gasteiger partial charge in [-0.3, -0.25) is 14.9 Å². The fourth-order valence-electron chi connectivity index (χ4n) is 1.29. The van der Waals surface area contributed by atoms with E-state index >= 15 is 0 Å². The maximum absolute atomic E-state index is 11.7. The molecule has 0 radical (unpaired) electrons. The quantitative estimate of drug-likeness (QED) is 0.618. The summed E-state index contributed by atoms with van der Waals surface area (Å²) in [5, 5.41) is 13.4. The van der Waals surface area contributed by atoms with E-state index in [1.165, 1.54) is 25.3 Å². The van der Waals surface area contributed by atoms with Gasteiger partial charge in [0.2, 0.25) is 0 Å². The van der Waals surface area contributed by atoms with Crippen molar-refractivity contribution in [1.82, 2.24) is 0 Å². The average molecular weight is 274 g/mol. The molecule has 1 amide bonds. The van der Waals surface area contributed by atoms with E-state index in [9.17, 15) is 14.9 Å². The third kappa shape index (κ3) is 3.39. The molecule has 0 fully saturated rings. The number of halogens is 1. The Balaban J connectivity index is 2.99. The lowest BCUT2D eigenvalue weighted by Crippen LogP contribution is -2.36. The number of nitro groups is 1. The molecule has 1 aromatic rings. The summed E-state index contributed by atoms with van der Waals surface area (Å²) in [6.45, 7) is -0.0311. The monoisotopic (exact) mass is 273 g/mol. The number of carbonyl (C=O) groups is 1. The van der Waals surface area contributed by atoms with Crippen molar-refractivity contribution >= 4 is 28.9 Å². The van der Waals surface area contributed by atoms with Crippen molar-refractivity contribution in [2.24, 2.45) is 5.73 Å². The van der Waals surface area contributed by atoms with E-state index in [4.69, 9.17) is 22.1 Å². The van der Waals surface area contributed by atoms with Gasteiger partial charge in [-0.15, -0.1) is 0 Å². The molecule has 98 valence electrons. The maximum atomic E-state index is 11.7. The van der Waals surface area contributed by atoms with Crippen LogP contribution in [0.2, 0.25) is 5.02 Å². The number of methoxy groups -OCH3 is 1. The molecule has 1 rings (SSSR count). The summed E-state index contributed by atoms with van der Waals surface area (Å²) in [4.78, 5) is 21.8. The molecule has 18 heavy (non-hydrogen) atoms. The van der Waals surface area contributed by atoms with Crippen LogP contribution in [0, 0.1) is 10.1 Å². The summed E-state index contributed by atoms with van der Waals surface area (Å²) >= 11 is 5.72. The molecule has 1 unspecified atom stereocenters. The SMILES string of the molecule is COC(CN)C(=O)Nc1cc(Cl)ccc1[N+](=O)[O-]. The number of hydrogen-bond acceptors (Lipinski definition) is 5. The fourth-order valence-corrected chi connectivity index (χ4v) is 1.46. The summed E-state index contributed by atoms with van der Waals surface area (Å²) in [6, 6.07) is 3.87. The second-order valence-electron chi connectivity index (χ2n) is 3.37. The normalized spacial score (nSPS) is 11.9. The molecule has 0 saturated carbocycles. The van der Waals surface area contributed by atoms with Crippen LogP contribution in [0.5, 0.6) is 0 Å². The van der Waals surface area contributed by atoms with Crippen LogP contribution in [-0.2, 0) is 9.53 Å². The average Bonchev–Trinajstić information content (AvgIpc) is 2.30. The third-order valence-electron chi connectivity index (χ3n) is 2.20. The Morgan fingerprint density at radius 1 is 1.67 bits per heavy atom. The van der Waals surface area contributed by atoms with Crippen LogP contribution < -0.4 is 11.1 Å². The molecule has 8 heteroatoms. The van der Waals surface area contributed by atoms with Crippen LogP contribution in [0.1, 0.15) is 0 Å². The zero-order valence-corrected chi connectivity index (χ0v) is 10.3. The van der Waals surface area contributed by atoms with Gasteiger partial charge in [0.15, 0.2) is 0 Å². The van der Waals surface area contributed by atoms with Crippen LogP contribution in [0.3, 0.4) is 0 Å². The van der Waals surface area contributed by atoms with E-state index in [1.54, 1.807) is 0 Å². The smallest absolute Gasteiger partial charge is 0.292 e. The highest BCUT2D eigenvalue weighted by Gasteiger charge is 2.21. The van der Waals surface area contributed by atoms with Crippen molar-refractivity contribution in [3.63, 3.8) is 0 Å². The number of nitrogens with one attached hydrogen (secondary N) is 1. The van der Waals surface area contributed by atoms with Crippen LogP contribution in [0.25, 0.3) is 0 Å². The van der Waals surface area contributed by atoms with Gasteiger partial charge in [0.1, 0.15) is 11.8 Å². The molecule has 0 spiro atoms. The summed E-state index contributed by atoms with van der Waals surface area (Å²) in [7, 11) is 1.32. The van der Waals surface area contributed by atoms with Gasteiger partial charge < -0.3 is 15.8 Å². The van der Waals surface area contributed by atoms with Gasteiger partial charge >= 0.3 is 0 Å². The van der Waals surface area contributed by atoms with Crippen LogP contribution in [0.4, 0.5) is 11.4 Å². The molecule has 0 aromatic heterocycles. The van der Waals surface area contributed by atoms with Crippen molar-refractivity contribution in [2.45, 2.75) is 6.10 Å². The summed E-state index contributed by atoms with van der Waals surface area (Å²) in [5.74, 6) is -0.564. The first-order valence-electron chi connectivity index (χ1n) is 4.97. The minimum absolute atomic E-state index is 0.00741. The number of amides is 1. The van der Waals surface area contributed by atoms with Crippen molar-refractivity contribution in [3.8, 4) is 0 Å². The summed E-state index contributed by atoms with van der Waals surface area (Å²) in [6.07, 6.45) is -0.872. The van der Waals surface area contributed by atoms with Crippen molar-refractivity contribution in [2.75, 3.05) is 19.0 Å². The van der Waals surface area contributed by atoms with Crippen molar-refractivity contribution in [3.05, 3.63) is 33.3 Å². The van der Waals surface area contributed by atoms with E-state index in [0.717, 1.165) is 0 Å². The number of ether oxygens (including phenoxy) is 1. The molecule has 0 heterocycles. The minimum Gasteiger partial charge on any atom is -0.370 e. The molecule has 0 saturated heterocycles. The van der Waals surface area contributed by atoms with Gasteiger partial charge in [0, 0.05) is 24.7 Å². The Kier molecular flexibility index (Phi) is 5.02. The summed E-state index contributed by atoms with van der Waals surface area (Å²) in [5.41, 5.74) is 5.08. The maximum Gasteiger partial charge on any atom is 0.292 e. The molecule has 0 aliphatic heterocycles. The topological polar surface area (TPSA) is 107 Å². The molecule has 1 aromatic carbocycles. The first kappa shape index (κ1) is 14.4. The van der Waals surface area contributed by atoms with E-state index in [2.05, 4.69) is 5.32 Å². The molecular formula is C10H12ClN3O4. The van der Waals surface area contributed by atoms with Crippen molar-refractivity contribution < 1.29 is 14.5 Å². The number of hydrogen-bond donors (Lipinski definition) is 2. The van der Waals surface area contributed by atoms with Crippen LogP contribution in [-0.4, -0.2) is 30.6 Å². The predicted molar refractivity (Wildman–Crippen MR) is 66.6 cm³/mol. The highest BCUT2D eigenvalue weighted by Crippen LogP contribution is 2.27. The highest BCUT2D eigenvalue weighted by molar-refractivity contribution is 6.31. The Hall–Kier alpha value is -1.70. The lowest BCUT2D eigenvalue weighted by atomic mass is 10.2. The molecule has 3 N–H and O–H groups in total. The largest absolute Gasteiger partial charge is 0.370 e. The van der Waals surface area contributed by atoms with Crippen LogP contribution in [0.15, 0.2) is 18.2 Å². The van der Waals surface area contributed by atoms with Gasteiger partial charge in [-0.05, 0) is 12.1 Å². The number of anilines is 1. The van der Waals surface area contributed by atoms with Gasteiger partial charge in [0.25, 0.3) is 11.6 Å². The summed E-state index contributed by atoms with van der Waals surface area (Å²) < 4.78 is 4.82. The van der Waals surface area contributed by atoms with E-state index in [0.29, 0.717) is 0 Å². The number of nitrogens with two attached hydrogens (primary N) is 1. The highest BCUT2D eigenvalue weighted by atomic mass is 35.5. The number of nitrogens with zero attached hydrogens (tertiary/aromatic N) is 1. The Morgan fingerprint density at radius 2 is 2.33 bits per heavy atom. The Labute approximate surface area is 108 Å². The molecule has 0 aliphatic carbocycles. The van der Waals surface area contributed by atoms with Gasteiger partial charge in [-0.2, -0.15) is 0 Å². The molecule has 7 nitrogen and oxygen atoms in total. The molecule has 0 aliphatic rings. The van der Waals surface area contributed by atoms with Crippen LogP contribution >= 0.6 is 11.6 Å². The first-order valence-corrected chi connectivity index (χ1v) is 5.35. The van der Waals surface area contributed by atoms with E-state index < -0.39 is 16.9 Å². The van der Waals surface area contributed by atoms with E-state index in [-0.39, 0.29) is 22.9 Å². The second kappa shape index (κ2) is 6.29. The number of benzene rings is 1. The second-order valence-corrected chi connectivity index (χ2v) is 3.80. The molecule has 0 bridgehead atoms. The molecular weight excluding hydrogens is 262 g/mol. The Bertz CT molecular complexity index is 462. The lowest BCUT2D eigenvalue weighted by Gasteiger charge is -2.13. The van der Waals surface area contributed by atoms with E-state index in [1.807, 2.05) is 0 Å². The standard InChI is InChI=1S/C10H12ClN3O4/c1-18-9(5-12)10(15)13-7-4-6(11)2-3-8(7)14(16)17/h2-4,9H,5,12H2,1H3,(H,13,15). The number of nitro benzene ring substituents is 1. The Morgan fingerprint density at radius 3 is 2.83 bits per heavy atom. The predicted octanol–water partition coefficient (Wildman–Crippen LogP) is 1.16. The van der Waals surface area contributed by atoms with Gasteiger partial charge in [-0.25, -0.2) is 0 Å². The third-order valence-corrected chi connectivity index (χ3v) is 2.44. The number of carbonyl (C=O) groups excluding carboxylic acids is 1. The van der Waals surface area contributed by atoms with Gasteiger partial charge in [-0.1, -0.05) is 11.6 Å². The minimum atomic E-state index is -0.872. The fraction of sp³-hybridized carbons (Fsp3) is 0.300.